The predicted octanol–water partition coefficient (Wildman–Crippen LogP) is 4.32. The van der Waals surface area contributed by atoms with Gasteiger partial charge in [-0.15, -0.1) is 0 Å². The quantitative estimate of drug-likeness (QED) is 0.706. The van der Waals surface area contributed by atoms with E-state index in [1.807, 2.05) is 0 Å². The molecule has 0 aromatic heterocycles. The Morgan fingerprint density at radius 3 is 2.33 bits per heavy atom. The molecule has 1 nitrogen and oxygen atoms in total. The number of hydrogen-bond acceptors (Lipinski definition) is 1. The molecule has 0 saturated carbocycles. The van der Waals surface area contributed by atoms with Crippen molar-refractivity contribution in [2.75, 3.05) is 0 Å². The molecule has 0 aliphatic carbocycles. The van der Waals surface area contributed by atoms with Crippen LogP contribution >= 0.6 is 27.5 Å². The number of Topliss-reactive ketones (excluding diaryl/α,β-unsaturated/α-hetero) is 1. The standard InChI is InChI=1S/C9H5BrClF3O/c1-4(15)6-2-5(10)3-7(8(6)11)9(12,13)14/h2-3H,1H3. The fourth-order valence-corrected chi connectivity index (χ4v) is 1.86. The van der Waals surface area contributed by atoms with E-state index in [-0.39, 0.29) is 10.0 Å². The molecule has 0 aliphatic heterocycles. The Morgan fingerprint density at radius 2 is 1.93 bits per heavy atom. The fourth-order valence-electron chi connectivity index (χ4n) is 1.05. The zero-order valence-electron chi connectivity index (χ0n) is 7.45. The third-order valence-electron chi connectivity index (χ3n) is 1.72. The number of ketones is 1. The largest absolute Gasteiger partial charge is 0.417 e. The Labute approximate surface area is 97.4 Å². The van der Waals surface area contributed by atoms with E-state index in [1.54, 1.807) is 0 Å². The summed E-state index contributed by atoms with van der Waals surface area (Å²) in [6.45, 7) is 1.16. The van der Waals surface area contributed by atoms with Crippen molar-refractivity contribution in [1.82, 2.24) is 0 Å². The van der Waals surface area contributed by atoms with E-state index in [0.717, 1.165) is 13.0 Å². The summed E-state index contributed by atoms with van der Waals surface area (Å²) >= 11 is 8.40. The lowest BCUT2D eigenvalue weighted by Gasteiger charge is -2.11. The number of hydrogen-bond donors (Lipinski definition) is 0. The summed E-state index contributed by atoms with van der Waals surface area (Å²) in [6.07, 6.45) is -4.56. The minimum atomic E-state index is -4.56. The minimum Gasteiger partial charge on any atom is -0.294 e. The lowest BCUT2D eigenvalue weighted by Crippen LogP contribution is -2.08. The molecule has 0 radical (unpaired) electrons. The molecule has 0 saturated heterocycles. The second-order valence-electron chi connectivity index (χ2n) is 2.87. The monoisotopic (exact) mass is 300 g/mol. The summed E-state index contributed by atoms with van der Waals surface area (Å²) in [5, 5.41) is -0.557. The van der Waals surface area contributed by atoms with E-state index in [9.17, 15) is 18.0 Å². The van der Waals surface area contributed by atoms with Crippen LogP contribution in [0.2, 0.25) is 5.02 Å². The summed E-state index contributed by atoms with van der Waals surface area (Å²) in [5.74, 6) is -0.508. The van der Waals surface area contributed by atoms with Gasteiger partial charge in [0.1, 0.15) is 0 Å². The molecule has 6 heteroatoms. The SMILES string of the molecule is CC(=O)c1cc(Br)cc(C(F)(F)F)c1Cl. The van der Waals surface area contributed by atoms with E-state index in [0.29, 0.717) is 0 Å². The van der Waals surface area contributed by atoms with Crippen LogP contribution in [0, 0.1) is 0 Å². The molecule has 0 heterocycles. The first-order valence-electron chi connectivity index (χ1n) is 3.80. The molecule has 1 aromatic carbocycles. The summed E-state index contributed by atoms with van der Waals surface area (Å²) in [7, 11) is 0. The summed E-state index contributed by atoms with van der Waals surface area (Å²) in [4.78, 5) is 11.0. The highest BCUT2D eigenvalue weighted by molar-refractivity contribution is 9.10. The van der Waals surface area contributed by atoms with Crippen molar-refractivity contribution >= 4 is 33.3 Å². The Hall–Kier alpha value is -0.550. The van der Waals surface area contributed by atoms with Gasteiger partial charge < -0.3 is 0 Å². The topological polar surface area (TPSA) is 17.1 Å². The molecular weight excluding hydrogens is 296 g/mol. The van der Waals surface area contributed by atoms with Gasteiger partial charge in [0.15, 0.2) is 5.78 Å². The maximum Gasteiger partial charge on any atom is 0.417 e. The molecule has 82 valence electrons. The second kappa shape index (κ2) is 4.14. The van der Waals surface area contributed by atoms with Gasteiger partial charge in [-0.25, -0.2) is 0 Å². The smallest absolute Gasteiger partial charge is 0.294 e. The zero-order chi connectivity index (χ0) is 11.8. The van der Waals surface area contributed by atoms with Gasteiger partial charge in [-0.05, 0) is 19.1 Å². The predicted molar refractivity (Wildman–Crippen MR) is 54.2 cm³/mol. The van der Waals surface area contributed by atoms with Crippen LogP contribution in [0.4, 0.5) is 13.2 Å². The van der Waals surface area contributed by atoms with E-state index in [1.165, 1.54) is 6.07 Å². The first-order chi connectivity index (χ1) is 6.73. The van der Waals surface area contributed by atoms with Crippen LogP contribution in [0.25, 0.3) is 0 Å². The molecule has 0 aliphatic rings. The van der Waals surface area contributed by atoms with Crippen LogP contribution in [-0.4, -0.2) is 5.78 Å². The van der Waals surface area contributed by atoms with E-state index in [2.05, 4.69) is 15.9 Å². The lowest BCUT2D eigenvalue weighted by molar-refractivity contribution is -0.137. The average Bonchev–Trinajstić information content (AvgIpc) is 2.06. The lowest BCUT2D eigenvalue weighted by atomic mass is 10.1. The van der Waals surface area contributed by atoms with Crippen molar-refractivity contribution in [3.63, 3.8) is 0 Å². The maximum atomic E-state index is 12.5. The molecule has 0 amide bonds. The van der Waals surface area contributed by atoms with Gasteiger partial charge in [-0.2, -0.15) is 13.2 Å². The molecule has 1 aromatic rings. The van der Waals surface area contributed by atoms with Crippen LogP contribution in [0.1, 0.15) is 22.8 Å². The Bertz CT molecular complexity index is 415. The van der Waals surface area contributed by atoms with E-state index >= 15 is 0 Å². The van der Waals surface area contributed by atoms with Gasteiger partial charge in [-0.1, -0.05) is 27.5 Å². The van der Waals surface area contributed by atoms with Crippen molar-refractivity contribution in [3.05, 3.63) is 32.8 Å². The number of alkyl halides is 3. The highest BCUT2D eigenvalue weighted by atomic mass is 79.9. The molecule has 1 rings (SSSR count). The molecular formula is C9H5BrClF3O. The van der Waals surface area contributed by atoms with Crippen molar-refractivity contribution in [2.45, 2.75) is 13.1 Å². The third kappa shape index (κ3) is 2.72. The third-order valence-corrected chi connectivity index (χ3v) is 2.59. The van der Waals surface area contributed by atoms with Crippen molar-refractivity contribution < 1.29 is 18.0 Å². The number of rotatable bonds is 1. The Balaban J connectivity index is 3.49. The molecule has 0 N–H and O–H groups in total. The Morgan fingerprint density at radius 1 is 1.40 bits per heavy atom. The first kappa shape index (κ1) is 12.5. The van der Waals surface area contributed by atoms with Gasteiger partial charge in [0.2, 0.25) is 0 Å². The van der Waals surface area contributed by atoms with E-state index < -0.39 is 22.5 Å². The zero-order valence-corrected chi connectivity index (χ0v) is 9.79. The van der Waals surface area contributed by atoms with Gasteiger partial charge >= 0.3 is 6.18 Å². The van der Waals surface area contributed by atoms with Gasteiger partial charge in [0.25, 0.3) is 0 Å². The van der Waals surface area contributed by atoms with Crippen LogP contribution in [0.3, 0.4) is 0 Å². The Kier molecular flexibility index (Phi) is 3.45. The molecule has 0 unspecified atom stereocenters. The van der Waals surface area contributed by atoms with Crippen molar-refractivity contribution in [2.24, 2.45) is 0 Å². The highest BCUT2D eigenvalue weighted by Gasteiger charge is 2.34. The average molecular weight is 301 g/mol. The van der Waals surface area contributed by atoms with Crippen LogP contribution in [-0.2, 0) is 6.18 Å². The van der Waals surface area contributed by atoms with Crippen LogP contribution in [0.15, 0.2) is 16.6 Å². The normalized spacial score (nSPS) is 11.6. The van der Waals surface area contributed by atoms with Crippen LogP contribution in [0.5, 0.6) is 0 Å². The van der Waals surface area contributed by atoms with Crippen molar-refractivity contribution in [3.8, 4) is 0 Å². The van der Waals surface area contributed by atoms with Crippen molar-refractivity contribution in [1.29, 1.82) is 0 Å². The fraction of sp³-hybridized carbons (Fsp3) is 0.222. The highest BCUT2D eigenvalue weighted by Crippen LogP contribution is 2.38. The molecule has 15 heavy (non-hydrogen) atoms. The number of benzene rings is 1. The number of halogens is 5. The summed E-state index contributed by atoms with van der Waals surface area (Å²) in [6, 6.07) is 2.11. The molecule has 0 fully saturated rings. The van der Waals surface area contributed by atoms with Gasteiger partial charge in [0, 0.05) is 10.0 Å². The molecule has 0 bridgehead atoms. The summed E-state index contributed by atoms with van der Waals surface area (Å²) < 4.78 is 37.5. The molecule has 0 spiro atoms. The van der Waals surface area contributed by atoms with Gasteiger partial charge in [-0.3, -0.25) is 4.79 Å². The molecule has 0 atom stereocenters. The summed E-state index contributed by atoms with van der Waals surface area (Å²) in [5.41, 5.74) is -1.15. The maximum absolute atomic E-state index is 12.5. The minimum absolute atomic E-state index is 0.140. The second-order valence-corrected chi connectivity index (χ2v) is 4.16. The first-order valence-corrected chi connectivity index (χ1v) is 4.97. The van der Waals surface area contributed by atoms with Crippen LogP contribution < -0.4 is 0 Å². The van der Waals surface area contributed by atoms with Gasteiger partial charge in [0.05, 0.1) is 10.6 Å². The number of carbonyl (C=O) groups is 1. The van der Waals surface area contributed by atoms with E-state index in [4.69, 9.17) is 11.6 Å². The number of carbonyl (C=O) groups excluding carboxylic acids is 1.